The summed E-state index contributed by atoms with van der Waals surface area (Å²) in [6.45, 7) is 0. The summed E-state index contributed by atoms with van der Waals surface area (Å²) >= 11 is 0. The Hall–Kier alpha value is -3.69. The smallest absolute Gasteiger partial charge is 0.435 e. The lowest BCUT2D eigenvalue weighted by Crippen LogP contribution is -2.07. The molecule has 0 fully saturated rings. The number of alkyl halides is 3. The molecule has 3 heterocycles. The standard InChI is InChI=1S/C19H15F3N6O/c1-29-13-4-2-11(3-5-13)8-16-24-10-15(25-16)14-9-12(6-7-23-14)17-18(19(20,21)22)27-28-26-17/h2-7,9-10H,8H2,1H3,(H,24,25)(H,26,27,28). The maximum atomic E-state index is 13.1. The lowest BCUT2D eigenvalue weighted by Gasteiger charge is -2.06. The monoisotopic (exact) mass is 400 g/mol. The van der Waals surface area contributed by atoms with Crippen LogP contribution in [0.4, 0.5) is 13.2 Å². The number of aromatic nitrogens is 6. The van der Waals surface area contributed by atoms with Crippen LogP contribution in [-0.2, 0) is 12.6 Å². The summed E-state index contributed by atoms with van der Waals surface area (Å²) in [5, 5.41) is 8.76. The predicted molar refractivity (Wildman–Crippen MR) is 98.0 cm³/mol. The fraction of sp³-hybridized carbons (Fsp3) is 0.158. The molecule has 7 nitrogen and oxygen atoms in total. The van der Waals surface area contributed by atoms with E-state index in [0.29, 0.717) is 23.6 Å². The number of halogens is 3. The van der Waals surface area contributed by atoms with Gasteiger partial charge in [0.25, 0.3) is 0 Å². The van der Waals surface area contributed by atoms with Gasteiger partial charge in [-0.15, -0.1) is 5.10 Å². The molecule has 1 aromatic carbocycles. The summed E-state index contributed by atoms with van der Waals surface area (Å²) in [6.07, 6.45) is -0.943. The van der Waals surface area contributed by atoms with Gasteiger partial charge in [0.15, 0.2) is 5.69 Å². The van der Waals surface area contributed by atoms with E-state index < -0.39 is 11.9 Å². The van der Waals surface area contributed by atoms with E-state index in [0.717, 1.165) is 11.3 Å². The molecule has 0 atom stereocenters. The van der Waals surface area contributed by atoms with E-state index in [1.165, 1.54) is 18.3 Å². The van der Waals surface area contributed by atoms with Gasteiger partial charge >= 0.3 is 6.18 Å². The molecule has 0 radical (unpaired) electrons. The van der Waals surface area contributed by atoms with Gasteiger partial charge in [-0.1, -0.05) is 17.3 Å². The molecule has 0 saturated heterocycles. The zero-order chi connectivity index (χ0) is 20.4. The number of aromatic amines is 2. The fourth-order valence-corrected chi connectivity index (χ4v) is 2.87. The summed E-state index contributed by atoms with van der Waals surface area (Å²) in [7, 11) is 1.60. The van der Waals surface area contributed by atoms with Crippen LogP contribution < -0.4 is 4.74 Å². The third-order valence-electron chi connectivity index (χ3n) is 4.29. The van der Waals surface area contributed by atoms with E-state index in [4.69, 9.17) is 4.74 Å². The maximum Gasteiger partial charge on any atom is 0.435 e. The Balaban J connectivity index is 1.59. The lowest BCUT2D eigenvalue weighted by atomic mass is 10.1. The van der Waals surface area contributed by atoms with E-state index in [9.17, 15) is 13.2 Å². The Labute approximate surface area is 163 Å². The number of methoxy groups -OCH3 is 1. The molecule has 0 aliphatic heterocycles. The summed E-state index contributed by atoms with van der Waals surface area (Å²) in [4.78, 5) is 11.8. The number of H-pyrrole nitrogens is 2. The zero-order valence-electron chi connectivity index (χ0n) is 15.2. The number of hydrogen-bond acceptors (Lipinski definition) is 5. The van der Waals surface area contributed by atoms with Crippen molar-refractivity contribution < 1.29 is 17.9 Å². The summed E-state index contributed by atoms with van der Waals surface area (Å²) in [5.74, 6) is 1.47. The Bertz CT molecular complexity index is 1120. The van der Waals surface area contributed by atoms with E-state index in [2.05, 4.69) is 25.3 Å². The van der Waals surface area contributed by atoms with Crippen LogP contribution in [0.1, 0.15) is 17.1 Å². The molecule has 29 heavy (non-hydrogen) atoms. The van der Waals surface area contributed by atoms with Gasteiger partial charge in [0.1, 0.15) is 23.0 Å². The first-order valence-electron chi connectivity index (χ1n) is 8.56. The van der Waals surface area contributed by atoms with Crippen molar-refractivity contribution >= 4 is 0 Å². The second-order valence-corrected chi connectivity index (χ2v) is 6.22. The first kappa shape index (κ1) is 18.7. The number of nitrogens with zero attached hydrogens (tertiary/aromatic N) is 4. The highest BCUT2D eigenvalue weighted by molar-refractivity contribution is 5.67. The molecule has 0 aliphatic rings. The van der Waals surface area contributed by atoms with Crippen LogP contribution in [0.2, 0.25) is 0 Å². The third-order valence-corrected chi connectivity index (χ3v) is 4.29. The van der Waals surface area contributed by atoms with Crippen molar-refractivity contribution in [3.63, 3.8) is 0 Å². The predicted octanol–water partition coefficient (Wildman–Crippen LogP) is 3.88. The number of benzene rings is 1. The van der Waals surface area contributed by atoms with E-state index in [-0.39, 0.29) is 11.3 Å². The minimum Gasteiger partial charge on any atom is -0.497 e. The van der Waals surface area contributed by atoms with Gasteiger partial charge in [0, 0.05) is 24.4 Å². The van der Waals surface area contributed by atoms with Crippen molar-refractivity contribution in [2.75, 3.05) is 7.11 Å². The van der Waals surface area contributed by atoms with Crippen LogP contribution in [-0.4, -0.2) is 37.5 Å². The van der Waals surface area contributed by atoms with Crippen molar-refractivity contribution in [1.82, 2.24) is 30.4 Å². The van der Waals surface area contributed by atoms with Gasteiger partial charge in [-0.05, 0) is 29.8 Å². The summed E-state index contributed by atoms with van der Waals surface area (Å²) < 4.78 is 44.4. The van der Waals surface area contributed by atoms with Crippen LogP contribution >= 0.6 is 0 Å². The molecule has 0 saturated carbocycles. The lowest BCUT2D eigenvalue weighted by molar-refractivity contribution is -0.140. The highest BCUT2D eigenvalue weighted by atomic mass is 19.4. The summed E-state index contributed by atoms with van der Waals surface area (Å²) in [6, 6.07) is 10.5. The molecule has 2 N–H and O–H groups in total. The Morgan fingerprint density at radius 3 is 2.59 bits per heavy atom. The fourth-order valence-electron chi connectivity index (χ4n) is 2.87. The van der Waals surface area contributed by atoms with E-state index in [1.807, 2.05) is 29.4 Å². The number of hydrogen-bond donors (Lipinski definition) is 2. The average molecular weight is 400 g/mol. The van der Waals surface area contributed by atoms with E-state index in [1.54, 1.807) is 13.3 Å². The van der Waals surface area contributed by atoms with Gasteiger partial charge in [-0.3, -0.25) is 10.1 Å². The van der Waals surface area contributed by atoms with Crippen LogP contribution in [0.5, 0.6) is 5.75 Å². The summed E-state index contributed by atoms with van der Waals surface area (Å²) in [5.41, 5.74) is 0.942. The minimum absolute atomic E-state index is 0.246. The molecular weight excluding hydrogens is 385 g/mol. The number of nitrogens with one attached hydrogen (secondary N) is 2. The maximum absolute atomic E-state index is 13.1. The van der Waals surface area contributed by atoms with Crippen LogP contribution in [0, 0.1) is 0 Å². The molecule has 0 aliphatic carbocycles. The van der Waals surface area contributed by atoms with Crippen molar-refractivity contribution in [3.05, 3.63) is 65.9 Å². The van der Waals surface area contributed by atoms with Crippen molar-refractivity contribution in [1.29, 1.82) is 0 Å². The minimum atomic E-state index is -4.58. The van der Waals surface area contributed by atoms with Gasteiger partial charge in [-0.2, -0.15) is 13.2 Å². The highest BCUT2D eigenvalue weighted by Crippen LogP contribution is 2.34. The Morgan fingerprint density at radius 2 is 1.86 bits per heavy atom. The number of rotatable bonds is 5. The first-order valence-corrected chi connectivity index (χ1v) is 8.56. The molecular formula is C19H15F3N6O. The largest absolute Gasteiger partial charge is 0.497 e. The number of pyridine rings is 1. The first-order chi connectivity index (χ1) is 13.9. The Kier molecular flexibility index (Phi) is 4.75. The average Bonchev–Trinajstić information content (AvgIpc) is 3.38. The van der Waals surface area contributed by atoms with Crippen molar-refractivity contribution in [2.45, 2.75) is 12.6 Å². The normalized spacial score (nSPS) is 11.6. The topological polar surface area (TPSA) is 92.4 Å². The number of imidazole rings is 1. The molecule has 10 heteroatoms. The SMILES string of the molecule is COc1ccc(Cc2nc(-c3cc(-c4nn[nH]c4C(F)(F)F)ccn3)c[nH]2)cc1. The molecule has 0 bridgehead atoms. The van der Waals surface area contributed by atoms with Gasteiger partial charge in [0.05, 0.1) is 12.8 Å². The van der Waals surface area contributed by atoms with Gasteiger partial charge < -0.3 is 9.72 Å². The number of ether oxygens (including phenoxy) is 1. The zero-order valence-corrected chi connectivity index (χ0v) is 15.2. The van der Waals surface area contributed by atoms with E-state index >= 15 is 0 Å². The quantitative estimate of drug-likeness (QED) is 0.531. The highest BCUT2D eigenvalue weighted by Gasteiger charge is 2.37. The van der Waals surface area contributed by atoms with Crippen LogP contribution in [0.3, 0.4) is 0 Å². The second kappa shape index (κ2) is 7.38. The molecule has 0 amide bonds. The van der Waals surface area contributed by atoms with Crippen LogP contribution in [0.15, 0.2) is 48.8 Å². The Morgan fingerprint density at radius 1 is 1.07 bits per heavy atom. The van der Waals surface area contributed by atoms with Crippen molar-refractivity contribution in [2.24, 2.45) is 0 Å². The van der Waals surface area contributed by atoms with Gasteiger partial charge in [-0.25, -0.2) is 4.98 Å². The van der Waals surface area contributed by atoms with Crippen LogP contribution in [0.25, 0.3) is 22.6 Å². The van der Waals surface area contributed by atoms with Gasteiger partial charge in [0.2, 0.25) is 0 Å². The molecule has 4 rings (SSSR count). The molecule has 0 unspecified atom stereocenters. The molecule has 0 spiro atoms. The molecule has 148 valence electrons. The second-order valence-electron chi connectivity index (χ2n) is 6.22. The third kappa shape index (κ3) is 3.96. The van der Waals surface area contributed by atoms with Crippen molar-refractivity contribution in [3.8, 4) is 28.4 Å². The molecule has 3 aromatic heterocycles. The molecule has 4 aromatic rings.